The lowest BCUT2D eigenvalue weighted by Crippen LogP contribution is -2.60. The summed E-state index contributed by atoms with van der Waals surface area (Å²) in [6.45, 7) is 8.77. The maximum atomic E-state index is 11.8. The standard InChI is InChI=1S/C12H24N4O2/c1-4-5-10(17)15-6-8-16(9-7-15)12(2,3)11(13)14-18/h18H,4-9H2,1-3H3,(H2,13,14). The van der Waals surface area contributed by atoms with Crippen LogP contribution in [0.4, 0.5) is 0 Å². The molecule has 6 nitrogen and oxygen atoms in total. The quantitative estimate of drug-likeness (QED) is 0.331. The smallest absolute Gasteiger partial charge is 0.222 e. The Balaban J connectivity index is 2.56. The number of carbonyl (C=O) groups is 1. The minimum Gasteiger partial charge on any atom is -0.409 e. The Morgan fingerprint density at radius 2 is 1.89 bits per heavy atom. The van der Waals surface area contributed by atoms with E-state index in [1.807, 2.05) is 25.7 Å². The van der Waals surface area contributed by atoms with Crippen LogP contribution in [0.3, 0.4) is 0 Å². The molecule has 1 fully saturated rings. The largest absolute Gasteiger partial charge is 0.409 e. The van der Waals surface area contributed by atoms with E-state index in [9.17, 15) is 4.79 Å². The predicted molar refractivity (Wildman–Crippen MR) is 70.5 cm³/mol. The van der Waals surface area contributed by atoms with Crippen LogP contribution in [0.25, 0.3) is 0 Å². The van der Waals surface area contributed by atoms with Crippen LogP contribution in [0.15, 0.2) is 5.16 Å². The number of piperazine rings is 1. The zero-order valence-corrected chi connectivity index (χ0v) is 11.5. The van der Waals surface area contributed by atoms with Gasteiger partial charge in [-0.15, -0.1) is 0 Å². The second kappa shape index (κ2) is 6.04. The summed E-state index contributed by atoms with van der Waals surface area (Å²) in [5.41, 5.74) is 5.22. The molecule has 1 rings (SSSR count). The first-order valence-electron chi connectivity index (χ1n) is 6.44. The van der Waals surface area contributed by atoms with Crippen molar-refractivity contribution in [1.82, 2.24) is 9.80 Å². The van der Waals surface area contributed by atoms with Crippen LogP contribution in [0.5, 0.6) is 0 Å². The van der Waals surface area contributed by atoms with Gasteiger partial charge in [0.1, 0.15) is 0 Å². The topological polar surface area (TPSA) is 82.2 Å². The molecule has 1 aliphatic rings. The molecular formula is C12H24N4O2. The maximum Gasteiger partial charge on any atom is 0.222 e. The first-order chi connectivity index (χ1) is 8.43. The van der Waals surface area contributed by atoms with Crippen LogP contribution in [0.1, 0.15) is 33.6 Å². The third-order valence-corrected chi connectivity index (χ3v) is 3.62. The Morgan fingerprint density at radius 3 is 2.33 bits per heavy atom. The lowest BCUT2D eigenvalue weighted by Gasteiger charge is -2.43. The molecule has 104 valence electrons. The van der Waals surface area contributed by atoms with E-state index in [4.69, 9.17) is 10.9 Å². The molecule has 0 spiro atoms. The minimum absolute atomic E-state index is 0.204. The summed E-state index contributed by atoms with van der Waals surface area (Å²) in [5, 5.41) is 11.9. The molecule has 0 aromatic carbocycles. The van der Waals surface area contributed by atoms with E-state index in [-0.39, 0.29) is 11.7 Å². The van der Waals surface area contributed by atoms with Gasteiger partial charge in [-0.2, -0.15) is 0 Å². The van der Waals surface area contributed by atoms with Gasteiger partial charge in [0.05, 0.1) is 5.54 Å². The van der Waals surface area contributed by atoms with Crippen LogP contribution in [-0.4, -0.2) is 58.5 Å². The number of nitrogens with two attached hydrogens (primary N) is 1. The zero-order chi connectivity index (χ0) is 13.8. The molecule has 0 saturated carbocycles. The van der Waals surface area contributed by atoms with Gasteiger partial charge in [-0.3, -0.25) is 9.69 Å². The number of hydrogen-bond acceptors (Lipinski definition) is 4. The van der Waals surface area contributed by atoms with Crippen molar-refractivity contribution >= 4 is 11.7 Å². The number of oxime groups is 1. The van der Waals surface area contributed by atoms with Crippen LogP contribution in [0, 0.1) is 0 Å². The van der Waals surface area contributed by atoms with Crippen molar-refractivity contribution in [3.8, 4) is 0 Å². The Hall–Kier alpha value is -1.30. The number of rotatable bonds is 4. The van der Waals surface area contributed by atoms with E-state index >= 15 is 0 Å². The minimum atomic E-state index is -0.478. The highest BCUT2D eigenvalue weighted by Gasteiger charge is 2.34. The number of carbonyl (C=O) groups excluding carboxylic acids is 1. The molecule has 6 heteroatoms. The number of amides is 1. The van der Waals surface area contributed by atoms with Gasteiger partial charge in [-0.25, -0.2) is 0 Å². The van der Waals surface area contributed by atoms with Crippen LogP contribution >= 0.6 is 0 Å². The summed E-state index contributed by atoms with van der Waals surface area (Å²) >= 11 is 0. The highest BCUT2D eigenvalue weighted by Crippen LogP contribution is 2.17. The molecule has 1 heterocycles. The van der Waals surface area contributed by atoms with Crippen molar-refractivity contribution < 1.29 is 10.0 Å². The molecule has 3 N–H and O–H groups in total. The molecule has 0 aliphatic carbocycles. The van der Waals surface area contributed by atoms with Gasteiger partial charge in [0.25, 0.3) is 0 Å². The first-order valence-corrected chi connectivity index (χ1v) is 6.44. The molecule has 0 radical (unpaired) electrons. The molecule has 0 bridgehead atoms. The van der Waals surface area contributed by atoms with Crippen LogP contribution in [0.2, 0.25) is 0 Å². The Kier molecular flexibility index (Phi) is 4.95. The summed E-state index contributed by atoms with van der Waals surface area (Å²) in [5.74, 6) is 0.426. The fourth-order valence-corrected chi connectivity index (χ4v) is 2.17. The van der Waals surface area contributed by atoms with Gasteiger partial charge >= 0.3 is 0 Å². The summed E-state index contributed by atoms with van der Waals surface area (Å²) < 4.78 is 0. The van der Waals surface area contributed by atoms with Crippen LogP contribution < -0.4 is 5.73 Å². The van der Waals surface area contributed by atoms with Gasteiger partial charge in [-0.1, -0.05) is 12.1 Å². The predicted octanol–water partition coefficient (Wildman–Crippen LogP) is 0.456. The molecule has 1 saturated heterocycles. The maximum absolute atomic E-state index is 11.8. The van der Waals surface area contributed by atoms with E-state index in [0.29, 0.717) is 19.5 Å². The van der Waals surface area contributed by atoms with Crippen molar-refractivity contribution in [2.75, 3.05) is 26.2 Å². The molecule has 0 atom stereocenters. The number of hydrogen-bond donors (Lipinski definition) is 2. The Labute approximate surface area is 108 Å². The van der Waals surface area contributed by atoms with Crippen molar-refractivity contribution in [3.05, 3.63) is 0 Å². The van der Waals surface area contributed by atoms with Crippen molar-refractivity contribution in [3.63, 3.8) is 0 Å². The molecule has 0 aromatic rings. The van der Waals surface area contributed by atoms with E-state index in [2.05, 4.69) is 10.1 Å². The lowest BCUT2D eigenvalue weighted by atomic mass is 10.00. The van der Waals surface area contributed by atoms with Gasteiger partial charge in [0.15, 0.2) is 5.84 Å². The van der Waals surface area contributed by atoms with E-state index in [1.54, 1.807) is 0 Å². The third-order valence-electron chi connectivity index (χ3n) is 3.62. The van der Waals surface area contributed by atoms with Crippen LogP contribution in [-0.2, 0) is 4.79 Å². The fourth-order valence-electron chi connectivity index (χ4n) is 2.17. The SMILES string of the molecule is CCCC(=O)N1CCN(C(C)(C)C(N)=NO)CC1. The average molecular weight is 256 g/mol. The highest BCUT2D eigenvalue weighted by atomic mass is 16.4. The molecule has 1 amide bonds. The van der Waals surface area contributed by atoms with Gasteiger partial charge < -0.3 is 15.8 Å². The lowest BCUT2D eigenvalue weighted by molar-refractivity contribution is -0.133. The van der Waals surface area contributed by atoms with Crippen molar-refractivity contribution in [1.29, 1.82) is 0 Å². The molecule has 18 heavy (non-hydrogen) atoms. The van der Waals surface area contributed by atoms with E-state index in [1.165, 1.54) is 0 Å². The molecular weight excluding hydrogens is 232 g/mol. The molecule has 0 unspecified atom stereocenters. The first kappa shape index (κ1) is 14.8. The Morgan fingerprint density at radius 1 is 1.33 bits per heavy atom. The van der Waals surface area contributed by atoms with E-state index < -0.39 is 5.54 Å². The summed E-state index contributed by atoms with van der Waals surface area (Å²) in [4.78, 5) is 15.8. The monoisotopic (exact) mass is 256 g/mol. The molecule has 0 aromatic heterocycles. The average Bonchev–Trinajstić information content (AvgIpc) is 2.38. The summed E-state index contributed by atoms with van der Waals surface area (Å²) in [7, 11) is 0. The second-order valence-corrected chi connectivity index (χ2v) is 5.16. The van der Waals surface area contributed by atoms with Gasteiger partial charge in [-0.05, 0) is 20.3 Å². The number of nitrogens with zero attached hydrogens (tertiary/aromatic N) is 3. The second-order valence-electron chi connectivity index (χ2n) is 5.16. The third kappa shape index (κ3) is 3.13. The fraction of sp³-hybridized carbons (Fsp3) is 0.833. The van der Waals surface area contributed by atoms with E-state index in [0.717, 1.165) is 19.5 Å². The highest BCUT2D eigenvalue weighted by molar-refractivity contribution is 5.88. The normalized spacial score (nSPS) is 19.1. The molecule has 1 aliphatic heterocycles. The van der Waals surface area contributed by atoms with Gasteiger partial charge in [0, 0.05) is 32.6 Å². The number of amidine groups is 1. The van der Waals surface area contributed by atoms with Gasteiger partial charge in [0.2, 0.25) is 5.91 Å². The Bertz CT molecular complexity index is 320. The van der Waals surface area contributed by atoms with Crippen molar-refractivity contribution in [2.24, 2.45) is 10.9 Å². The van der Waals surface area contributed by atoms with Crippen molar-refractivity contribution in [2.45, 2.75) is 39.2 Å². The zero-order valence-electron chi connectivity index (χ0n) is 11.5. The summed E-state index contributed by atoms with van der Waals surface area (Å²) in [6, 6.07) is 0. The summed E-state index contributed by atoms with van der Waals surface area (Å²) in [6.07, 6.45) is 1.50.